The molecule has 0 fully saturated rings. The fourth-order valence-corrected chi connectivity index (χ4v) is 3.66. The number of nitriles is 1. The minimum Gasteiger partial charge on any atom is -0.325 e. The third-order valence-corrected chi connectivity index (χ3v) is 4.61. The van der Waals surface area contributed by atoms with Crippen molar-refractivity contribution in [1.82, 2.24) is 10.2 Å². The molecular weight excluding hydrogens is 294 g/mol. The van der Waals surface area contributed by atoms with Crippen LogP contribution in [-0.2, 0) is 15.0 Å². The van der Waals surface area contributed by atoms with Crippen LogP contribution in [0, 0.1) is 31.1 Å². The van der Waals surface area contributed by atoms with E-state index in [9.17, 15) is 14.9 Å². The van der Waals surface area contributed by atoms with E-state index in [1.807, 2.05) is 25.1 Å². The van der Waals surface area contributed by atoms with Crippen LogP contribution in [0.4, 0.5) is 11.5 Å². The first-order valence-corrected chi connectivity index (χ1v) is 7.18. The van der Waals surface area contributed by atoms with Crippen molar-refractivity contribution in [2.75, 3.05) is 10.6 Å². The van der Waals surface area contributed by atoms with Gasteiger partial charge >= 0.3 is 0 Å². The van der Waals surface area contributed by atoms with Crippen LogP contribution in [0.5, 0.6) is 0 Å². The van der Waals surface area contributed by atoms with Crippen LogP contribution in [0.2, 0.25) is 0 Å². The van der Waals surface area contributed by atoms with Crippen LogP contribution < -0.4 is 10.6 Å². The lowest BCUT2D eigenvalue weighted by Crippen LogP contribution is -2.51. The molecule has 3 N–H and O–H groups in total. The van der Waals surface area contributed by atoms with Crippen LogP contribution in [0.25, 0.3) is 0 Å². The Morgan fingerprint density at radius 2 is 2.04 bits per heavy atom. The molecule has 2 aliphatic heterocycles. The Hall–Kier alpha value is -3.14. The molecule has 0 aliphatic carbocycles. The van der Waals surface area contributed by atoms with E-state index in [0.29, 0.717) is 28.3 Å². The van der Waals surface area contributed by atoms with Gasteiger partial charge < -0.3 is 10.6 Å². The molecule has 2 amide bonds. The SMILES string of the molecule is Cc1ccc2c(c1)[C@]1(C(=O)N2)c2c(n[nH]c2C)NC(=O)[C@@H]1C#N. The average Bonchev–Trinajstić information content (AvgIpc) is 3.00. The minimum atomic E-state index is -1.37. The Kier molecular flexibility index (Phi) is 2.47. The molecule has 0 saturated heterocycles. The number of benzene rings is 1. The van der Waals surface area contributed by atoms with Crippen LogP contribution >= 0.6 is 0 Å². The lowest BCUT2D eigenvalue weighted by atomic mass is 9.64. The van der Waals surface area contributed by atoms with Gasteiger partial charge in [-0.1, -0.05) is 17.7 Å². The molecule has 23 heavy (non-hydrogen) atoms. The fourth-order valence-electron chi connectivity index (χ4n) is 3.66. The first kappa shape index (κ1) is 13.5. The summed E-state index contributed by atoms with van der Waals surface area (Å²) in [7, 11) is 0. The molecule has 114 valence electrons. The second-order valence-electron chi connectivity index (χ2n) is 5.93. The van der Waals surface area contributed by atoms with Crippen molar-refractivity contribution in [3.05, 3.63) is 40.6 Å². The zero-order valence-electron chi connectivity index (χ0n) is 12.5. The highest BCUT2D eigenvalue weighted by atomic mass is 16.2. The lowest BCUT2D eigenvalue weighted by molar-refractivity contribution is -0.127. The molecule has 2 atom stereocenters. The van der Waals surface area contributed by atoms with Gasteiger partial charge in [-0.25, -0.2) is 0 Å². The minimum absolute atomic E-state index is 0.309. The highest BCUT2D eigenvalue weighted by Gasteiger charge is 2.61. The summed E-state index contributed by atoms with van der Waals surface area (Å²) in [5, 5.41) is 21.9. The van der Waals surface area contributed by atoms with Crippen molar-refractivity contribution in [2.24, 2.45) is 5.92 Å². The number of carbonyl (C=O) groups excluding carboxylic acids is 2. The van der Waals surface area contributed by atoms with Crippen molar-refractivity contribution in [1.29, 1.82) is 5.26 Å². The van der Waals surface area contributed by atoms with Crippen LogP contribution in [0.15, 0.2) is 18.2 Å². The topological polar surface area (TPSA) is 111 Å². The summed E-state index contributed by atoms with van der Waals surface area (Å²) >= 11 is 0. The summed E-state index contributed by atoms with van der Waals surface area (Å²) in [4.78, 5) is 25.4. The van der Waals surface area contributed by atoms with Gasteiger partial charge in [-0.3, -0.25) is 14.7 Å². The number of aryl methyl sites for hydroxylation is 2. The van der Waals surface area contributed by atoms with E-state index in [2.05, 4.69) is 20.8 Å². The number of aromatic nitrogens is 2. The van der Waals surface area contributed by atoms with Crippen LogP contribution in [0.3, 0.4) is 0 Å². The van der Waals surface area contributed by atoms with Gasteiger partial charge in [0.15, 0.2) is 5.82 Å². The molecule has 2 aromatic rings. The number of H-pyrrole nitrogens is 1. The van der Waals surface area contributed by atoms with Crippen molar-refractivity contribution in [3.8, 4) is 6.07 Å². The summed E-state index contributed by atoms with van der Waals surface area (Å²) in [5.41, 5.74) is 2.07. The number of anilines is 2. The van der Waals surface area contributed by atoms with Crippen molar-refractivity contribution in [3.63, 3.8) is 0 Å². The first-order chi connectivity index (χ1) is 11.0. The monoisotopic (exact) mass is 307 g/mol. The summed E-state index contributed by atoms with van der Waals surface area (Å²) in [6.45, 7) is 3.69. The molecule has 7 heteroatoms. The van der Waals surface area contributed by atoms with Gasteiger partial charge in [0.2, 0.25) is 11.8 Å². The summed E-state index contributed by atoms with van der Waals surface area (Å²) < 4.78 is 0. The second kappa shape index (κ2) is 4.20. The zero-order valence-corrected chi connectivity index (χ0v) is 12.5. The quantitative estimate of drug-likeness (QED) is 0.682. The molecule has 0 unspecified atom stereocenters. The van der Waals surface area contributed by atoms with Gasteiger partial charge in [-0.15, -0.1) is 0 Å². The molecule has 1 aromatic carbocycles. The van der Waals surface area contributed by atoms with E-state index >= 15 is 0 Å². The van der Waals surface area contributed by atoms with Gasteiger partial charge in [0.05, 0.1) is 6.07 Å². The van der Waals surface area contributed by atoms with E-state index in [0.717, 1.165) is 5.56 Å². The number of amides is 2. The molecular formula is C16H13N5O2. The molecule has 1 aromatic heterocycles. The van der Waals surface area contributed by atoms with E-state index in [1.54, 1.807) is 13.0 Å². The summed E-state index contributed by atoms with van der Waals surface area (Å²) in [6.07, 6.45) is 0. The number of fused-ring (bicyclic) bond motifs is 4. The maximum Gasteiger partial charge on any atom is 0.244 e. The standard InChI is InChI=1S/C16H13N5O2/c1-7-3-4-11-9(5-7)16(15(23)18-11)10(6-17)14(22)19-13-12(16)8(2)20-21-13/h3-5,10H,1-2H3,(H,18,23)(H2,19,20,21,22)/t10-,16+/m0/s1. The van der Waals surface area contributed by atoms with Crippen molar-refractivity contribution >= 4 is 23.3 Å². The third kappa shape index (κ3) is 1.45. The predicted molar refractivity (Wildman–Crippen MR) is 81.6 cm³/mol. The Balaban J connectivity index is 2.15. The number of rotatable bonds is 0. The maximum atomic E-state index is 13.0. The second-order valence-corrected chi connectivity index (χ2v) is 5.93. The Labute approximate surface area is 131 Å². The third-order valence-electron chi connectivity index (χ3n) is 4.61. The largest absolute Gasteiger partial charge is 0.325 e. The molecule has 0 radical (unpaired) electrons. The molecule has 2 aliphatic rings. The lowest BCUT2D eigenvalue weighted by Gasteiger charge is -2.35. The van der Waals surface area contributed by atoms with E-state index in [-0.39, 0.29) is 5.91 Å². The number of hydrogen-bond donors (Lipinski definition) is 3. The highest BCUT2D eigenvalue weighted by Crippen LogP contribution is 2.52. The molecule has 1 spiro atoms. The smallest absolute Gasteiger partial charge is 0.244 e. The van der Waals surface area contributed by atoms with Crippen molar-refractivity contribution in [2.45, 2.75) is 19.3 Å². The molecule has 3 heterocycles. The van der Waals surface area contributed by atoms with Crippen LogP contribution in [-0.4, -0.2) is 22.0 Å². The van der Waals surface area contributed by atoms with Gasteiger partial charge in [0.25, 0.3) is 0 Å². The van der Waals surface area contributed by atoms with Crippen molar-refractivity contribution < 1.29 is 9.59 Å². The number of aromatic amines is 1. The van der Waals surface area contributed by atoms with Crippen LogP contribution in [0.1, 0.15) is 22.4 Å². The maximum absolute atomic E-state index is 13.0. The molecule has 4 rings (SSSR count). The highest BCUT2D eigenvalue weighted by molar-refractivity contribution is 6.16. The van der Waals surface area contributed by atoms with E-state index in [4.69, 9.17) is 0 Å². The number of carbonyl (C=O) groups is 2. The molecule has 0 bridgehead atoms. The fraction of sp³-hybridized carbons (Fsp3) is 0.250. The summed E-state index contributed by atoms with van der Waals surface area (Å²) in [6, 6.07) is 7.55. The van der Waals surface area contributed by atoms with Gasteiger partial charge in [0, 0.05) is 16.9 Å². The summed E-state index contributed by atoms with van der Waals surface area (Å²) in [5.74, 6) is -1.74. The number of hydrogen-bond acceptors (Lipinski definition) is 4. The predicted octanol–water partition coefficient (Wildman–Crippen LogP) is 1.36. The Morgan fingerprint density at radius 3 is 2.78 bits per heavy atom. The van der Waals surface area contributed by atoms with Gasteiger partial charge in [-0.05, 0) is 25.5 Å². The Bertz CT molecular complexity index is 923. The van der Waals surface area contributed by atoms with E-state index in [1.165, 1.54) is 0 Å². The Morgan fingerprint density at radius 1 is 1.26 bits per heavy atom. The first-order valence-electron chi connectivity index (χ1n) is 7.18. The normalized spacial score (nSPS) is 24.7. The average molecular weight is 307 g/mol. The number of nitrogens with zero attached hydrogens (tertiary/aromatic N) is 2. The van der Waals surface area contributed by atoms with E-state index < -0.39 is 17.2 Å². The zero-order chi connectivity index (χ0) is 16.4. The van der Waals surface area contributed by atoms with Gasteiger partial charge in [0.1, 0.15) is 11.3 Å². The molecule has 7 nitrogen and oxygen atoms in total. The molecule has 0 saturated carbocycles. The number of nitrogens with one attached hydrogen (secondary N) is 3. The van der Waals surface area contributed by atoms with Gasteiger partial charge in [-0.2, -0.15) is 10.4 Å².